The number of halogens is 4. The maximum Gasteiger partial charge on any atom is 0.264 e. The Morgan fingerprint density at radius 1 is 0.848 bits per heavy atom. The van der Waals surface area contributed by atoms with E-state index in [4.69, 9.17) is 34.8 Å². The number of carbonyl (C=O) groups is 2. The van der Waals surface area contributed by atoms with Gasteiger partial charge in [0.15, 0.2) is 0 Å². The zero-order valence-electron chi connectivity index (χ0n) is 25.2. The van der Waals surface area contributed by atoms with Crippen LogP contribution in [0.5, 0.6) is 0 Å². The number of amides is 2. The first-order valence-electron chi connectivity index (χ1n) is 14.5. The summed E-state index contributed by atoms with van der Waals surface area (Å²) in [7, 11) is -4.38. The van der Waals surface area contributed by atoms with Crippen LogP contribution in [0.2, 0.25) is 15.1 Å². The molecule has 4 rings (SSSR count). The zero-order chi connectivity index (χ0) is 33.4. The summed E-state index contributed by atoms with van der Waals surface area (Å²) in [6.07, 6.45) is 0.757. The fourth-order valence-electron chi connectivity index (χ4n) is 4.74. The summed E-state index contributed by atoms with van der Waals surface area (Å²) in [5, 5.41) is 3.18. The minimum Gasteiger partial charge on any atom is -0.352 e. The lowest BCUT2D eigenvalue weighted by Crippen LogP contribution is -2.54. The van der Waals surface area contributed by atoms with Gasteiger partial charge in [0.2, 0.25) is 11.8 Å². The van der Waals surface area contributed by atoms with Gasteiger partial charge in [-0.05, 0) is 61.4 Å². The molecule has 0 heterocycles. The molecule has 2 amide bonds. The minimum absolute atomic E-state index is 0.0389. The maximum atomic E-state index is 14.5. The van der Waals surface area contributed by atoms with Crippen molar-refractivity contribution in [3.05, 3.63) is 129 Å². The standard InChI is InChI=1S/C34H33Cl3FN3O4S/c1-3-23(2)39-34(43)32(19-24-11-6-4-7-12-24)40(21-27-28(35)15-10-16-29(27)36)33(42)22-41(25-17-18-31(38)30(37)20-25)46(44,45)26-13-8-5-9-14-26/h4-18,20,23,32H,3,19,21-22H2,1-2H3,(H,39,43)/t23-,32-/m0/s1. The Bertz CT molecular complexity index is 1760. The SMILES string of the molecule is CC[C@H](C)NC(=O)[C@H](Cc1ccccc1)N(Cc1c(Cl)cccc1Cl)C(=O)CN(c1ccc(F)c(Cl)c1)S(=O)(=O)c1ccccc1. The molecule has 0 spiro atoms. The van der Waals surface area contributed by atoms with Crippen LogP contribution in [-0.4, -0.2) is 43.8 Å². The quantitative estimate of drug-likeness (QED) is 0.156. The Labute approximate surface area is 283 Å². The van der Waals surface area contributed by atoms with E-state index in [1.165, 1.54) is 23.1 Å². The summed E-state index contributed by atoms with van der Waals surface area (Å²) >= 11 is 19.1. The van der Waals surface area contributed by atoms with Crippen LogP contribution in [0, 0.1) is 5.82 Å². The average molecular weight is 705 g/mol. The summed E-state index contributed by atoms with van der Waals surface area (Å²) in [6, 6.07) is 23.6. The molecular weight excluding hydrogens is 672 g/mol. The molecule has 4 aromatic carbocycles. The highest BCUT2D eigenvalue weighted by Gasteiger charge is 2.35. The van der Waals surface area contributed by atoms with Gasteiger partial charge >= 0.3 is 0 Å². The molecule has 2 atom stereocenters. The van der Waals surface area contributed by atoms with Crippen LogP contribution in [0.15, 0.2) is 102 Å². The summed E-state index contributed by atoms with van der Waals surface area (Å²) in [5.74, 6) is -1.92. The second-order valence-corrected chi connectivity index (χ2v) is 13.8. The van der Waals surface area contributed by atoms with E-state index in [2.05, 4.69) is 5.32 Å². The largest absolute Gasteiger partial charge is 0.352 e. The van der Waals surface area contributed by atoms with E-state index in [1.807, 2.05) is 44.2 Å². The molecule has 0 radical (unpaired) electrons. The Balaban J connectivity index is 1.85. The first kappa shape index (κ1) is 35.2. The van der Waals surface area contributed by atoms with E-state index in [0.29, 0.717) is 12.0 Å². The van der Waals surface area contributed by atoms with Crippen molar-refractivity contribution in [2.75, 3.05) is 10.8 Å². The van der Waals surface area contributed by atoms with Gasteiger partial charge in [-0.15, -0.1) is 0 Å². The van der Waals surface area contributed by atoms with Gasteiger partial charge < -0.3 is 10.2 Å². The second-order valence-electron chi connectivity index (χ2n) is 10.7. The lowest BCUT2D eigenvalue weighted by atomic mass is 10.0. The topological polar surface area (TPSA) is 86.8 Å². The van der Waals surface area contributed by atoms with Crippen LogP contribution in [0.4, 0.5) is 10.1 Å². The second kappa shape index (κ2) is 15.8. The molecule has 0 aliphatic rings. The summed E-state index contributed by atoms with van der Waals surface area (Å²) in [6.45, 7) is 2.82. The number of sulfonamides is 1. The molecular formula is C34H33Cl3FN3O4S. The number of hydrogen-bond acceptors (Lipinski definition) is 4. The van der Waals surface area contributed by atoms with Crippen molar-refractivity contribution in [1.82, 2.24) is 10.2 Å². The fraction of sp³-hybridized carbons (Fsp3) is 0.235. The monoisotopic (exact) mass is 703 g/mol. The predicted molar refractivity (Wildman–Crippen MR) is 181 cm³/mol. The molecule has 0 aliphatic carbocycles. The normalized spacial score (nSPS) is 12.7. The lowest BCUT2D eigenvalue weighted by Gasteiger charge is -2.34. The van der Waals surface area contributed by atoms with Crippen LogP contribution in [-0.2, 0) is 32.6 Å². The van der Waals surface area contributed by atoms with Gasteiger partial charge in [0.05, 0.1) is 15.6 Å². The molecule has 0 saturated carbocycles. The number of hydrogen-bond donors (Lipinski definition) is 1. The van der Waals surface area contributed by atoms with Crippen molar-refractivity contribution < 1.29 is 22.4 Å². The van der Waals surface area contributed by atoms with Crippen LogP contribution in [0.3, 0.4) is 0 Å². The summed E-state index contributed by atoms with van der Waals surface area (Å²) < 4.78 is 43.1. The smallest absolute Gasteiger partial charge is 0.264 e. The number of benzene rings is 4. The lowest BCUT2D eigenvalue weighted by molar-refractivity contribution is -0.140. The number of rotatable bonds is 13. The van der Waals surface area contributed by atoms with Gasteiger partial charge in [0.25, 0.3) is 10.0 Å². The van der Waals surface area contributed by atoms with Crippen LogP contribution >= 0.6 is 34.8 Å². The van der Waals surface area contributed by atoms with E-state index in [-0.39, 0.29) is 44.7 Å². The molecule has 4 aromatic rings. The average Bonchev–Trinajstić information content (AvgIpc) is 3.04. The molecule has 0 bridgehead atoms. The Morgan fingerprint density at radius 3 is 2.04 bits per heavy atom. The van der Waals surface area contributed by atoms with Gasteiger partial charge in [-0.2, -0.15) is 0 Å². The summed E-state index contributed by atoms with van der Waals surface area (Å²) in [4.78, 5) is 29.6. The number of nitrogens with zero attached hydrogens (tertiary/aromatic N) is 2. The Morgan fingerprint density at radius 2 is 1.46 bits per heavy atom. The van der Waals surface area contributed by atoms with E-state index < -0.39 is 40.2 Å². The number of carbonyl (C=O) groups excluding carboxylic acids is 2. The molecule has 0 unspecified atom stereocenters. The first-order valence-corrected chi connectivity index (χ1v) is 17.1. The fourth-order valence-corrected chi connectivity index (χ4v) is 6.86. The minimum atomic E-state index is -4.38. The van der Waals surface area contributed by atoms with E-state index in [9.17, 15) is 22.4 Å². The third-order valence-electron chi connectivity index (χ3n) is 7.46. The van der Waals surface area contributed by atoms with Crippen LogP contribution < -0.4 is 9.62 Å². The third kappa shape index (κ3) is 8.59. The first-order chi connectivity index (χ1) is 21.9. The van der Waals surface area contributed by atoms with Crippen LogP contribution in [0.25, 0.3) is 0 Å². The van der Waals surface area contributed by atoms with E-state index >= 15 is 0 Å². The van der Waals surface area contributed by atoms with Crippen molar-refractivity contribution in [3.8, 4) is 0 Å². The highest BCUT2D eigenvalue weighted by molar-refractivity contribution is 7.92. The number of anilines is 1. The molecule has 0 fully saturated rings. The van der Waals surface area contributed by atoms with Gasteiger partial charge in [-0.1, -0.05) is 96.3 Å². The van der Waals surface area contributed by atoms with Gasteiger partial charge in [0, 0.05) is 34.6 Å². The van der Waals surface area contributed by atoms with Crippen molar-refractivity contribution in [3.63, 3.8) is 0 Å². The molecule has 7 nitrogen and oxygen atoms in total. The molecule has 0 saturated heterocycles. The van der Waals surface area contributed by atoms with E-state index in [0.717, 1.165) is 22.0 Å². The molecule has 0 aliphatic heterocycles. The van der Waals surface area contributed by atoms with Gasteiger partial charge in [-0.25, -0.2) is 12.8 Å². The maximum absolute atomic E-state index is 14.5. The van der Waals surface area contributed by atoms with Crippen molar-refractivity contribution in [2.45, 2.75) is 50.2 Å². The molecule has 242 valence electrons. The zero-order valence-corrected chi connectivity index (χ0v) is 28.3. The molecule has 12 heteroatoms. The Hall–Kier alpha value is -3.63. The summed E-state index contributed by atoms with van der Waals surface area (Å²) in [5.41, 5.74) is 1.12. The third-order valence-corrected chi connectivity index (χ3v) is 10.2. The molecule has 0 aromatic heterocycles. The Kier molecular flexibility index (Phi) is 12.1. The van der Waals surface area contributed by atoms with Crippen molar-refractivity contribution in [1.29, 1.82) is 0 Å². The van der Waals surface area contributed by atoms with E-state index in [1.54, 1.807) is 36.4 Å². The van der Waals surface area contributed by atoms with Gasteiger partial charge in [0.1, 0.15) is 18.4 Å². The van der Waals surface area contributed by atoms with Gasteiger partial charge in [-0.3, -0.25) is 13.9 Å². The predicted octanol–water partition coefficient (Wildman–Crippen LogP) is 7.54. The molecule has 1 N–H and O–H groups in total. The molecule has 46 heavy (non-hydrogen) atoms. The highest BCUT2D eigenvalue weighted by Crippen LogP contribution is 2.30. The highest BCUT2D eigenvalue weighted by atomic mass is 35.5. The van der Waals surface area contributed by atoms with Crippen molar-refractivity contribution >= 4 is 62.3 Å². The van der Waals surface area contributed by atoms with Crippen molar-refractivity contribution in [2.24, 2.45) is 0 Å². The number of nitrogens with one attached hydrogen (secondary N) is 1. The van der Waals surface area contributed by atoms with Crippen LogP contribution in [0.1, 0.15) is 31.4 Å².